The Balaban J connectivity index is 3.09. The smallest absolute Gasteiger partial charge is 0.234 e. The largest absolute Gasteiger partial charge is 0.382 e. The lowest BCUT2D eigenvalue weighted by molar-refractivity contribution is -0.119. The van der Waals surface area contributed by atoms with Gasteiger partial charge in [0.25, 0.3) is 0 Å². The molecule has 0 spiro atoms. The lowest BCUT2D eigenvalue weighted by Crippen LogP contribution is -2.39. The summed E-state index contributed by atoms with van der Waals surface area (Å²) in [5.74, 6) is -0.328. The average molecular weight is 204 g/mol. The van der Waals surface area contributed by atoms with Crippen LogP contribution in [-0.4, -0.2) is 45.4 Å². The Morgan fingerprint density at radius 1 is 1.43 bits per heavy atom. The van der Waals surface area contributed by atoms with E-state index in [1.807, 2.05) is 0 Å². The zero-order valence-electron chi connectivity index (χ0n) is 8.91. The van der Waals surface area contributed by atoms with Gasteiger partial charge in [-0.25, -0.2) is 0 Å². The molecule has 84 valence electrons. The van der Waals surface area contributed by atoms with E-state index in [0.29, 0.717) is 19.8 Å². The molecule has 1 atom stereocenters. The van der Waals surface area contributed by atoms with Crippen molar-refractivity contribution in [1.82, 2.24) is 5.32 Å². The highest BCUT2D eigenvalue weighted by Gasteiger charge is 2.05. The Kier molecular flexibility index (Phi) is 8.51. The first-order valence-electron chi connectivity index (χ1n) is 4.78. The van der Waals surface area contributed by atoms with Gasteiger partial charge in [0, 0.05) is 13.7 Å². The van der Waals surface area contributed by atoms with Gasteiger partial charge in [-0.05, 0) is 19.9 Å². The molecule has 1 unspecified atom stereocenters. The van der Waals surface area contributed by atoms with Crippen LogP contribution in [0.3, 0.4) is 0 Å². The fraction of sp³-hybridized carbons (Fsp3) is 0.889. The van der Waals surface area contributed by atoms with Gasteiger partial charge in [-0.15, -0.1) is 0 Å². The van der Waals surface area contributed by atoms with Crippen molar-refractivity contribution >= 4 is 5.91 Å². The minimum absolute atomic E-state index is 0.269. The summed E-state index contributed by atoms with van der Waals surface area (Å²) in [4.78, 5) is 10.6. The molecule has 0 aromatic rings. The number of ether oxygens (including phenoxy) is 2. The van der Waals surface area contributed by atoms with Crippen LogP contribution in [0.25, 0.3) is 0 Å². The van der Waals surface area contributed by atoms with Crippen molar-refractivity contribution in [2.24, 2.45) is 5.73 Å². The second-order valence-electron chi connectivity index (χ2n) is 3.04. The third kappa shape index (κ3) is 7.97. The van der Waals surface area contributed by atoms with Gasteiger partial charge >= 0.3 is 0 Å². The quantitative estimate of drug-likeness (QED) is 0.497. The van der Waals surface area contributed by atoms with Crippen LogP contribution in [0.15, 0.2) is 0 Å². The summed E-state index contributed by atoms with van der Waals surface area (Å²) in [6, 6.07) is -0.269. The maximum Gasteiger partial charge on any atom is 0.234 e. The van der Waals surface area contributed by atoms with Crippen molar-refractivity contribution in [3.63, 3.8) is 0 Å². The molecule has 0 aromatic carbocycles. The van der Waals surface area contributed by atoms with Crippen molar-refractivity contribution in [2.45, 2.75) is 19.4 Å². The highest BCUT2D eigenvalue weighted by Crippen LogP contribution is 1.84. The highest BCUT2D eigenvalue weighted by atomic mass is 16.5. The van der Waals surface area contributed by atoms with Crippen molar-refractivity contribution in [3.05, 3.63) is 0 Å². The van der Waals surface area contributed by atoms with E-state index < -0.39 is 0 Å². The van der Waals surface area contributed by atoms with Crippen molar-refractivity contribution in [1.29, 1.82) is 0 Å². The van der Waals surface area contributed by atoms with Gasteiger partial charge in [-0.1, -0.05) is 0 Å². The molecule has 5 heteroatoms. The molecule has 0 aromatic heterocycles. The first-order chi connectivity index (χ1) is 6.68. The minimum Gasteiger partial charge on any atom is -0.382 e. The van der Waals surface area contributed by atoms with Gasteiger partial charge in [0.05, 0.1) is 19.3 Å². The van der Waals surface area contributed by atoms with Gasteiger partial charge in [0.1, 0.15) is 0 Å². The van der Waals surface area contributed by atoms with Crippen LogP contribution in [0.5, 0.6) is 0 Å². The first kappa shape index (κ1) is 13.4. The van der Waals surface area contributed by atoms with E-state index in [0.717, 1.165) is 13.0 Å². The van der Waals surface area contributed by atoms with E-state index >= 15 is 0 Å². The molecule has 0 aliphatic heterocycles. The SMILES string of the molecule is COCCOCCCNC(C)C(N)=O. The second kappa shape index (κ2) is 8.93. The van der Waals surface area contributed by atoms with Crippen LogP contribution in [-0.2, 0) is 14.3 Å². The molecule has 0 rings (SSSR count). The van der Waals surface area contributed by atoms with E-state index in [-0.39, 0.29) is 11.9 Å². The molecule has 1 amide bonds. The minimum atomic E-state index is -0.328. The van der Waals surface area contributed by atoms with Gasteiger partial charge < -0.3 is 20.5 Å². The van der Waals surface area contributed by atoms with Crippen LogP contribution in [0.1, 0.15) is 13.3 Å². The van der Waals surface area contributed by atoms with E-state index in [9.17, 15) is 4.79 Å². The molecule has 0 bridgehead atoms. The summed E-state index contributed by atoms with van der Waals surface area (Å²) < 4.78 is 10.1. The van der Waals surface area contributed by atoms with E-state index in [1.165, 1.54) is 0 Å². The van der Waals surface area contributed by atoms with Gasteiger partial charge in [-0.2, -0.15) is 0 Å². The van der Waals surface area contributed by atoms with Crippen LogP contribution in [0, 0.1) is 0 Å². The normalized spacial score (nSPS) is 12.7. The summed E-state index contributed by atoms with van der Waals surface area (Å²) in [7, 11) is 1.64. The van der Waals surface area contributed by atoms with Gasteiger partial charge in [0.2, 0.25) is 5.91 Å². The summed E-state index contributed by atoms with van der Waals surface area (Å²) in [6.07, 6.45) is 0.862. The number of hydrogen-bond donors (Lipinski definition) is 2. The number of methoxy groups -OCH3 is 1. The fourth-order valence-corrected chi connectivity index (χ4v) is 0.838. The standard InChI is InChI=1S/C9H20N2O3/c1-8(9(10)12)11-4-3-5-14-7-6-13-2/h8,11H,3-7H2,1-2H3,(H2,10,12). The zero-order valence-corrected chi connectivity index (χ0v) is 8.91. The number of amides is 1. The molecule has 5 nitrogen and oxygen atoms in total. The molecule has 0 heterocycles. The molecule has 0 saturated heterocycles. The van der Waals surface area contributed by atoms with Crippen molar-refractivity contribution in [3.8, 4) is 0 Å². The first-order valence-corrected chi connectivity index (χ1v) is 4.78. The van der Waals surface area contributed by atoms with Crippen LogP contribution < -0.4 is 11.1 Å². The van der Waals surface area contributed by atoms with Crippen molar-refractivity contribution < 1.29 is 14.3 Å². The zero-order chi connectivity index (χ0) is 10.8. The third-order valence-electron chi connectivity index (χ3n) is 1.77. The number of hydrogen-bond acceptors (Lipinski definition) is 4. The summed E-state index contributed by atoms with van der Waals surface area (Å²) in [5.41, 5.74) is 5.07. The van der Waals surface area contributed by atoms with E-state index in [4.69, 9.17) is 15.2 Å². The van der Waals surface area contributed by atoms with E-state index in [1.54, 1.807) is 14.0 Å². The maximum atomic E-state index is 10.6. The third-order valence-corrected chi connectivity index (χ3v) is 1.77. The molecule has 3 N–H and O–H groups in total. The summed E-state index contributed by atoms with van der Waals surface area (Å²) in [5, 5.41) is 2.99. The number of primary amides is 1. The topological polar surface area (TPSA) is 73.6 Å². The number of nitrogens with two attached hydrogens (primary N) is 1. The number of carbonyl (C=O) groups excluding carboxylic acids is 1. The summed E-state index contributed by atoms with van der Waals surface area (Å²) in [6.45, 7) is 4.38. The molecule has 0 aliphatic carbocycles. The highest BCUT2D eigenvalue weighted by molar-refractivity contribution is 5.79. The number of nitrogens with one attached hydrogen (secondary N) is 1. The lowest BCUT2D eigenvalue weighted by atomic mass is 10.3. The Bertz CT molecular complexity index is 153. The molecule has 0 aliphatic rings. The Morgan fingerprint density at radius 2 is 2.14 bits per heavy atom. The number of carbonyl (C=O) groups is 1. The second-order valence-corrected chi connectivity index (χ2v) is 3.04. The molecule has 14 heavy (non-hydrogen) atoms. The monoisotopic (exact) mass is 204 g/mol. The molecular formula is C9H20N2O3. The van der Waals surface area contributed by atoms with Gasteiger partial charge in [0.15, 0.2) is 0 Å². The fourth-order valence-electron chi connectivity index (χ4n) is 0.838. The van der Waals surface area contributed by atoms with Gasteiger partial charge in [-0.3, -0.25) is 4.79 Å². The van der Waals surface area contributed by atoms with Crippen LogP contribution >= 0.6 is 0 Å². The molecule has 0 radical (unpaired) electrons. The van der Waals surface area contributed by atoms with Crippen molar-refractivity contribution in [2.75, 3.05) is 33.5 Å². The Hall–Kier alpha value is -0.650. The number of rotatable bonds is 9. The van der Waals surface area contributed by atoms with E-state index in [2.05, 4.69) is 5.32 Å². The predicted octanol–water partition coefficient (Wildman–Crippen LogP) is -0.497. The summed E-state index contributed by atoms with van der Waals surface area (Å²) >= 11 is 0. The van der Waals surface area contributed by atoms with Crippen LogP contribution in [0.2, 0.25) is 0 Å². The maximum absolute atomic E-state index is 10.6. The Labute approximate surface area is 84.9 Å². The molecular weight excluding hydrogens is 184 g/mol. The predicted molar refractivity (Wildman–Crippen MR) is 54.0 cm³/mol. The Morgan fingerprint density at radius 3 is 2.71 bits per heavy atom. The average Bonchev–Trinajstić information content (AvgIpc) is 2.16. The molecule has 0 fully saturated rings. The lowest BCUT2D eigenvalue weighted by Gasteiger charge is -2.09. The van der Waals surface area contributed by atoms with Crippen LogP contribution in [0.4, 0.5) is 0 Å². The molecule has 0 saturated carbocycles.